The molecule has 1 amide bonds. The van der Waals surface area contributed by atoms with Crippen LogP contribution in [-0.4, -0.2) is 52.0 Å². The van der Waals surface area contributed by atoms with Crippen molar-refractivity contribution in [2.24, 2.45) is 0 Å². The second-order valence-electron chi connectivity index (χ2n) is 6.21. The highest BCUT2D eigenvalue weighted by Crippen LogP contribution is 2.22. The van der Waals surface area contributed by atoms with E-state index in [9.17, 15) is 18.0 Å². The Kier molecular flexibility index (Phi) is 5.46. The predicted octanol–water partition coefficient (Wildman–Crippen LogP) is 1.96. The summed E-state index contributed by atoms with van der Waals surface area (Å²) in [5.74, 6) is -0.491. The van der Waals surface area contributed by atoms with Crippen LogP contribution in [-0.2, 0) is 14.6 Å². The molecule has 0 atom stereocenters. The number of carbonyl (C=O) groups excluding carboxylic acids is 2. The molecule has 7 nitrogen and oxygen atoms in total. The van der Waals surface area contributed by atoms with Gasteiger partial charge in [-0.05, 0) is 42.5 Å². The van der Waals surface area contributed by atoms with Gasteiger partial charge in [0.2, 0.25) is 0 Å². The van der Waals surface area contributed by atoms with E-state index in [2.05, 4.69) is 10.1 Å². The van der Waals surface area contributed by atoms with Crippen LogP contribution in [0.1, 0.15) is 20.7 Å². The van der Waals surface area contributed by atoms with Crippen LogP contribution in [0.5, 0.6) is 0 Å². The largest absolute Gasteiger partial charge is 0.465 e. The third kappa shape index (κ3) is 4.65. The smallest absolute Gasteiger partial charge is 0.337 e. The second-order valence-corrected chi connectivity index (χ2v) is 8.52. The van der Waals surface area contributed by atoms with Crippen molar-refractivity contribution in [3.63, 3.8) is 0 Å². The molecule has 1 saturated heterocycles. The number of nitrogens with one attached hydrogen (secondary N) is 1. The number of esters is 1. The molecule has 0 radical (unpaired) electrons. The maximum Gasteiger partial charge on any atom is 0.337 e. The highest BCUT2D eigenvalue weighted by Gasteiger charge is 2.22. The summed E-state index contributed by atoms with van der Waals surface area (Å²) in [6.45, 7) is 0.878. The predicted molar refractivity (Wildman–Crippen MR) is 103 cm³/mol. The summed E-state index contributed by atoms with van der Waals surface area (Å²) < 4.78 is 27.8. The summed E-state index contributed by atoms with van der Waals surface area (Å²) in [7, 11) is -1.65. The lowest BCUT2D eigenvalue weighted by atomic mass is 10.1. The number of amides is 1. The van der Waals surface area contributed by atoms with Gasteiger partial charge in [-0.15, -0.1) is 0 Å². The van der Waals surface area contributed by atoms with Crippen LogP contribution in [0.25, 0.3) is 0 Å². The maximum atomic E-state index is 12.4. The van der Waals surface area contributed by atoms with Crippen LogP contribution in [0.3, 0.4) is 0 Å². The van der Waals surface area contributed by atoms with Gasteiger partial charge >= 0.3 is 5.97 Å². The lowest BCUT2D eigenvalue weighted by molar-refractivity contribution is 0.0600. The Morgan fingerprint density at radius 2 is 1.63 bits per heavy atom. The SMILES string of the molecule is COC(=O)c1ccc(C(=O)Nc2cccc(N3CCS(=O)(=O)CC3)c2)cc1. The van der Waals surface area contributed by atoms with E-state index < -0.39 is 15.8 Å². The molecule has 27 heavy (non-hydrogen) atoms. The number of rotatable bonds is 4. The van der Waals surface area contributed by atoms with Crippen molar-refractivity contribution in [1.29, 1.82) is 0 Å². The Hall–Kier alpha value is -2.87. The summed E-state index contributed by atoms with van der Waals surface area (Å²) in [6, 6.07) is 13.5. The third-order valence-electron chi connectivity index (χ3n) is 4.38. The number of benzene rings is 2. The first-order valence-electron chi connectivity index (χ1n) is 8.43. The molecule has 1 heterocycles. The van der Waals surface area contributed by atoms with E-state index in [1.165, 1.54) is 19.2 Å². The lowest BCUT2D eigenvalue weighted by Gasteiger charge is -2.29. The number of nitrogens with zero attached hydrogens (tertiary/aromatic N) is 1. The highest BCUT2D eigenvalue weighted by molar-refractivity contribution is 7.91. The average molecular weight is 388 g/mol. The van der Waals surface area contributed by atoms with Crippen LogP contribution in [0, 0.1) is 0 Å². The standard InChI is InChI=1S/C19H20N2O5S/c1-26-19(23)15-7-5-14(6-8-15)18(22)20-16-3-2-4-17(13-16)21-9-11-27(24,25)12-10-21/h2-8,13H,9-12H2,1H3,(H,20,22). The van der Waals surface area contributed by atoms with E-state index in [1.54, 1.807) is 18.2 Å². The van der Waals surface area contributed by atoms with Crippen molar-refractivity contribution in [2.75, 3.05) is 41.9 Å². The maximum absolute atomic E-state index is 12.4. The average Bonchev–Trinajstić information content (AvgIpc) is 2.67. The van der Waals surface area contributed by atoms with Gasteiger partial charge in [-0.25, -0.2) is 13.2 Å². The van der Waals surface area contributed by atoms with E-state index in [4.69, 9.17) is 0 Å². The van der Waals surface area contributed by atoms with E-state index >= 15 is 0 Å². The Balaban J connectivity index is 1.69. The van der Waals surface area contributed by atoms with Gasteiger partial charge in [0, 0.05) is 30.0 Å². The number of anilines is 2. The molecule has 2 aromatic carbocycles. The molecular formula is C19H20N2O5S. The van der Waals surface area contributed by atoms with Gasteiger partial charge in [0.05, 0.1) is 24.2 Å². The van der Waals surface area contributed by atoms with E-state index in [-0.39, 0.29) is 17.4 Å². The number of ether oxygens (including phenoxy) is 1. The molecule has 0 unspecified atom stereocenters. The van der Waals surface area contributed by atoms with Crippen LogP contribution in [0.15, 0.2) is 48.5 Å². The van der Waals surface area contributed by atoms with Crippen molar-refractivity contribution in [2.45, 2.75) is 0 Å². The van der Waals surface area contributed by atoms with E-state index in [1.807, 2.05) is 23.1 Å². The Morgan fingerprint density at radius 1 is 1.00 bits per heavy atom. The molecule has 0 saturated carbocycles. The monoisotopic (exact) mass is 388 g/mol. The molecule has 142 valence electrons. The first kappa shape index (κ1) is 18.9. The molecule has 1 N–H and O–H groups in total. The minimum absolute atomic E-state index is 0.135. The van der Waals surface area contributed by atoms with Gasteiger partial charge in [0.15, 0.2) is 9.84 Å². The quantitative estimate of drug-likeness (QED) is 0.805. The second kappa shape index (κ2) is 7.79. The van der Waals surface area contributed by atoms with Crippen molar-refractivity contribution >= 4 is 33.1 Å². The summed E-state index contributed by atoms with van der Waals surface area (Å²) >= 11 is 0. The molecule has 0 bridgehead atoms. The molecule has 1 fully saturated rings. The molecule has 1 aliphatic rings. The van der Waals surface area contributed by atoms with E-state index in [0.29, 0.717) is 29.9 Å². The molecular weight excluding hydrogens is 368 g/mol. The highest BCUT2D eigenvalue weighted by atomic mass is 32.2. The fourth-order valence-electron chi connectivity index (χ4n) is 2.83. The zero-order chi connectivity index (χ0) is 19.4. The van der Waals surface area contributed by atoms with Crippen LogP contribution >= 0.6 is 0 Å². The molecule has 1 aliphatic heterocycles. The number of hydrogen-bond acceptors (Lipinski definition) is 6. The van der Waals surface area contributed by atoms with Gasteiger partial charge in [0.25, 0.3) is 5.91 Å². The molecule has 0 aromatic heterocycles. The topological polar surface area (TPSA) is 92.8 Å². The zero-order valence-corrected chi connectivity index (χ0v) is 15.7. The number of hydrogen-bond donors (Lipinski definition) is 1. The molecule has 8 heteroatoms. The summed E-state index contributed by atoms with van der Waals surface area (Å²) in [6.07, 6.45) is 0. The molecule has 0 spiro atoms. The molecule has 2 aromatic rings. The van der Waals surface area contributed by atoms with Gasteiger partial charge in [-0.3, -0.25) is 4.79 Å². The van der Waals surface area contributed by atoms with Gasteiger partial charge in [0.1, 0.15) is 0 Å². The minimum atomic E-state index is -2.94. The summed E-state index contributed by atoms with van der Waals surface area (Å²) in [5.41, 5.74) is 2.26. The zero-order valence-electron chi connectivity index (χ0n) is 14.8. The van der Waals surface area contributed by atoms with Gasteiger partial charge in [-0.1, -0.05) is 6.07 Å². The third-order valence-corrected chi connectivity index (χ3v) is 5.99. The lowest BCUT2D eigenvalue weighted by Crippen LogP contribution is -2.40. The van der Waals surface area contributed by atoms with E-state index in [0.717, 1.165) is 5.69 Å². The summed E-state index contributed by atoms with van der Waals surface area (Å²) in [4.78, 5) is 25.9. The normalized spacial score (nSPS) is 15.8. The van der Waals surface area contributed by atoms with Crippen LogP contribution < -0.4 is 10.2 Å². The Bertz CT molecular complexity index is 940. The fraction of sp³-hybridized carbons (Fsp3) is 0.263. The summed E-state index contributed by atoms with van der Waals surface area (Å²) in [5, 5.41) is 2.82. The van der Waals surface area contributed by atoms with Crippen molar-refractivity contribution in [3.8, 4) is 0 Å². The van der Waals surface area contributed by atoms with Crippen molar-refractivity contribution in [3.05, 3.63) is 59.7 Å². The van der Waals surface area contributed by atoms with Gasteiger partial charge < -0.3 is 15.0 Å². The van der Waals surface area contributed by atoms with Crippen LogP contribution in [0.2, 0.25) is 0 Å². The first-order chi connectivity index (χ1) is 12.9. The Morgan fingerprint density at radius 3 is 2.26 bits per heavy atom. The fourth-order valence-corrected chi connectivity index (χ4v) is 4.03. The molecule has 3 rings (SSSR count). The van der Waals surface area contributed by atoms with Crippen LogP contribution in [0.4, 0.5) is 11.4 Å². The number of sulfone groups is 1. The number of methoxy groups -OCH3 is 1. The van der Waals surface area contributed by atoms with Crippen molar-refractivity contribution in [1.82, 2.24) is 0 Å². The first-order valence-corrected chi connectivity index (χ1v) is 10.3. The minimum Gasteiger partial charge on any atom is -0.465 e. The Labute approximate surface area is 157 Å². The number of carbonyl (C=O) groups is 2. The molecule has 0 aliphatic carbocycles. The van der Waals surface area contributed by atoms with Crippen molar-refractivity contribution < 1.29 is 22.7 Å². The van der Waals surface area contributed by atoms with Gasteiger partial charge in [-0.2, -0.15) is 0 Å².